The van der Waals surface area contributed by atoms with Crippen molar-refractivity contribution in [2.24, 2.45) is 0 Å². The minimum atomic E-state index is -1.37. The summed E-state index contributed by atoms with van der Waals surface area (Å²) in [6.07, 6.45) is -0.307. The van der Waals surface area contributed by atoms with Crippen molar-refractivity contribution in [2.45, 2.75) is 31.0 Å². The van der Waals surface area contributed by atoms with Gasteiger partial charge in [-0.25, -0.2) is 19.7 Å². The van der Waals surface area contributed by atoms with E-state index in [2.05, 4.69) is 31.3 Å². The van der Waals surface area contributed by atoms with Gasteiger partial charge >= 0.3 is 12.1 Å². The SMILES string of the molecule is O=C(O)CNC(=O)OC[C@H]1O[C@@H](n2cnc3c(NCCc4c[nH]c5ccccc45)ncnc32)C(O)C1O. The molecule has 6 N–H and O–H groups in total. The number of alkyl carbamates (subject to hydrolysis) is 1. The number of H-pyrrole nitrogens is 1. The molecule has 0 spiro atoms. The Morgan fingerprint density at radius 1 is 1.16 bits per heavy atom. The van der Waals surface area contributed by atoms with Crippen LogP contribution in [0.1, 0.15) is 11.8 Å². The number of rotatable bonds is 9. The fourth-order valence-electron chi connectivity index (χ4n) is 4.27. The molecule has 0 bridgehead atoms. The number of aliphatic hydroxyl groups excluding tert-OH is 2. The van der Waals surface area contributed by atoms with E-state index in [0.29, 0.717) is 23.5 Å². The molecule has 4 aromatic rings. The number of ether oxygens (including phenoxy) is 2. The number of benzene rings is 1. The van der Waals surface area contributed by atoms with Gasteiger partial charge in [0.05, 0.1) is 6.33 Å². The molecule has 0 radical (unpaired) electrons. The van der Waals surface area contributed by atoms with Gasteiger partial charge in [0.25, 0.3) is 0 Å². The topological polar surface area (TPSA) is 197 Å². The Bertz CT molecular complexity index is 1420. The van der Waals surface area contributed by atoms with Crippen LogP contribution >= 0.6 is 0 Å². The molecule has 2 unspecified atom stereocenters. The maximum Gasteiger partial charge on any atom is 0.407 e. The number of nitrogens with one attached hydrogen (secondary N) is 3. The molecule has 4 heterocycles. The van der Waals surface area contributed by atoms with Gasteiger partial charge in [0.15, 0.2) is 23.2 Å². The number of nitrogens with zero attached hydrogens (tertiary/aromatic N) is 4. The molecule has 1 aliphatic heterocycles. The summed E-state index contributed by atoms with van der Waals surface area (Å²) in [4.78, 5) is 38.3. The maximum atomic E-state index is 11.6. The number of fused-ring (bicyclic) bond motifs is 2. The second-order valence-electron chi connectivity index (χ2n) is 8.47. The van der Waals surface area contributed by atoms with Crippen molar-refractivity contribution >= 4 is 39.9 Å². The van der Waals surface area contributed by atoms with Gasteiger partial charge in [-0.05, 0) is 18.1 Å². The Labute approximate surface area is 209 Å². The highest BCUT2D eigenvalue weighted by molar-refractivity contribution is 5.84. The first-order valence-electron chi connectivity index (χ1n) is 11.5. The number of para-hydroxylation sites is 1. The summed E-state index contributed by atoms with van der Waals surface area (Å²) in [7, 11) is 0. The number of amides is 1. The quantitative estimate of drug-likeness (QED) is 0.182. The van der Waals surface area contributed by atoms with Crippen LogP contribution < -0.4 is 10.6 Å². The number of hydrogen-bond donors (Lipinski definition) is 6. The van der Waals surface area contributed by atoms with Crippen LogP contribution in [0.15, 0.2) is 43.1 Å². The Morgan fingerprint density at radius 3 is 2.84 bits per heavy atom. The molecule has 5 rings (SSSR count). The van der Waals surface area contributed by atoms with Gasteiger partial charge in [-0.15, -0.1) is 0 Å². The molecule has 1 fully saturated rings. The lowest BCUT2D eigenvalue weighted by Gasteiger charge is -2.16. The molecule has 4 atom stereocenters. The largest absolute Gasteiger partial charge is 0.480 e. The highest BCUT2D eigenvalue weighted by atomic mass is 16.6. The van der Waals surface area contributed by atoms with Gasteiger partial charge in [-0.1, -0.05) is 18.2 Å². The molecule has 194 valence electrons. The number of aromatic nitrogens is 5. The number of aromatic amines is 1. The minimum absolute atomic E-state index is 0.376. The lowest BCUT2D eigenvalue weighted by molar-refractivity contribution is -0.135. The van der Waals surface area contributed by atoms with Gasteiger partial charge in [0, 0.05) is 23.6 Å². The van der Waals surface area contributed by atoms with E-state index < -0.39 is 49.8 Å². The molecule has 14 heteroatoms. The van der Waals surface area contributed by atoms with E-state index >= 15 is 0 Å². The highest BCUT2D eigenvalue weighted by Gasteiger charge is 2.45. The number of imidazole rings is 1. The summed E-state index contributed by atoms with van der Waals surface area (Å²) in [6, 6.07) is 8.06. The van der Waals surface area contributed by atoms with E-state index in [1.54, 1.807) is 0 Å². The summed E-state index contributed by atoms with van der Waals surface area (Å²) in [6.45, 7) is -0.426. The fourth-order valence-corrected chi connectivity index (χ4v) is 4.27. The van der Waals surface area contributed by atoms with Crippen molar-refractivity contribution < 1.29 is 34.4 Å². The van der Waals surface area contributed by atoms with Gasteiger partial charge < -0.3 is 40.4 Å². The van der Waals surface area contributed by atoms with E-state index in [9.17, 15) is 19.8 Å². The van der Waals surface area contributed by atoms with Crippen LogP contribution in [-0.4, -0.2) is 89.9 Å². The number of aliphatic carboxylic acids is 1. The van der Waals surface area contributed by atoms with Crippen LogP contribution in [0, 0.1) is 0 Å². The summed E-state index contributed by atoms with van der Waals surface area (Å²) in [5, 5.41) is 36.1. The van der Waals surface area contributed by atoms with Crippen LogP contribution in [0.4, 0.5) is 10.6 Å². The van der Waals surface area contributed by atoms with Crippen LogP contribution in [-0.2, 0) is 20.7 Å². The molecule has 1 aliphatic rings. The van der Waals surface area contributed by atoms with E-state index in [1.807, 2.05) is 29.7 Å². The van der Waals surface area contributed by atoms with Crippen molar-refractivity contribution in [3.63, 3.8) is 0 Å². The second kappa shape index (κ2) is 10.4. The van der Waals surface area contributed by atoms with E-state index in [4.69, 9.17) is 14.6 Å². The van der Waals surface area contributed by atoms with Crippen molar-refractivity contribution in [3.8, 4) is 0 Å². The van der Waals surface area contributed by atoms with Crippen molar-refractivity contribution in [1.29, 1.82) is 0 Å². The van der Waals surface area contributed by atoms with Gasteiger partial charge in [0.1, 0.15) is 37.8 Å². The molecule has 1 amide bonds. The van der Waals surface area contributed by atoms with Crippen LogP contribution in [0.5, 0.6) is 0 Å². The van der Waals surface area contributed by atoms with Crippen molar-refractivity contribution in [3.05, 3.63) is 48.7 Å². The minimum Gasteiger partial charge on any atom is -0.480 e. The van der Waals surface area contributed by atoms with E-state index in [-0.39, 0.29) is 0 Å². The molecule has 37 heavy (non-hydrogen) atoms. The summed E-state index contributed by atoms with van der Waals surface area (Å²) in [5.74, 6) is -0.725. The van der Waals surface area contributed by atoms with Gasteiger partial charge in [0.2, 0.25) is 0 Å². The number of hydrogen-bond acceptors (Lipinski definition) is 10. The maximum absolute atomic E-state index is 11.6. The smallest absolute Gasteiger partial charge is 0.407 e. The Hall–Kier alpha value is -4.27. The molecule has 14 nitrogen and oxygen atoms in total. The molecular formula is C23H25N7O7. The zero-order valence-corrected chi connectivity index (χ0v) is 19.4. The van der Waals surface area contributed by atoms with Crippen LogP contribution in [0.2, 0.25) is 0 Å². The summed E-state index contributed by atoms with van der Waals surface area (Å²) >= 11 is 0. The lowest BCUT2D eigenvalue weighted by atomic mass is 10.1. The van der Waals surface area contributed by atoms with Crippen LogP contribution in [0.3, 0.4) is 0 Å². The van der Waals surface area contributed by atoms with Crippen LogP contribution in [0.25, 0.3) is 22.1 Å². The zero-order valence-electron chi connectivity index (χ0n) is 19.4. The summed E-state index contributed by atoms with van der Waals surface area (Å²) in [5.41, 5.74) is 3.07. The standard InChI is InChI=1S/C23H25N7O7/c31-16(32)8-26-23(35)36-9-15-18(33)19(34)22(37-15)30-11-29-17-20(27-10-28-21(17)30)24-6-5-12-7-25-14-4-2-1-3-13(12)14/h1-4,7,10-11,15,18-19,22,25,33-34H,5-6,8-9H2,(H,26,35)(H,31,32)(H,24,27,28)/t15-,18?,19?,22-/m1/s1. The third-order valence-corrected chi connectivity index (χ3v) is 6.09. The third-order valence-electron chi connectivity index (χ3n) is 6.09. The predicted molar refractivity (Wildman–Crippen MR) is 129 cm³/mol. The normalized spacial score (nSPS) is 21.4. The van der Waals surface area contributed by atoms with E-state index in [0.717, 1.165) is 17.3 Å². The fraction of sp³-hybridized carbons (Fsp3) is 0.348. The molecule has 0 aliphatic carbocycles. The third kappa shape index (κ3) is 5.02. The first-order valence-corrected chi connectivity index (χ1v) is 11.5. The summed E-state index contributed by atoms with van der Waals surface area (Å²) < 4.78 is 12.1. The molecule has 0 saturated carbocycles. The number of anilines is 1. The monoisotopic (exact) mass is 511 g/mol. The van der Waals surface area contributed by atoms with Crippen molar-refractivity contribution in [2.75, 3.05) is 25.0 Å². The molecular weight excluding hydrogens is 486 g/mol. The number of carboxylic acids is 1. The number of carbonyl (C=O) groups excluding carboxylic acids is 1. The number of carboxylic acid groups (broad SMARTS) is 1. The van der Waals surface area contributed by atoms with Gasteiger partial charge in [-0.3, -0.25) is 9.36 Å². The predicted octanol–water partition coefficient (Wildman–Crippen LogP) is 0.392. The van der Waals surface area contributed by atoms with Gasteiger partial charge in [-0.2, -0.15) is 0 Å². The molecule has 1 aromatic carbocycles. The Morgan fingerprint density at radius 2 is 2.00 bits per heavy atom. The lowest BCUT2D eigenvalue weighted by Crippen LogP contribution is -2.36. The number of carbonyl (C=O) groups is 2. The molecule has 3 aromatic heterocycles. The first-order chi connectivity index (χ1) is 17.9. The average Bonchev–Trinajstić information content (AvgIpc) is 3.58. The van der Waals surface area contributed by atoms with Crippen molar-refractivity contribution in [1.82, 2.24) is 29.8 Å². The first kappa shape index (κ1) is 24.4. The second-order valence-corrected chi connectivity index (χ2v) is 8.47. The zero-order chi connectivity index (χ0) is 25.9. The van der Waals surface area contributed by atoms with E-state index in [1.165, 1.54) is 22.8 Å². The highest BCUT2D eigenvalue weighted by Crippen LogP contribution is 2.32. The average molecular weight is 511 g/mol. The number of aliphatic hydroxyl groups is 2. The Balaban J connectivity index is 1.24. The molecule has 1 saturated heterocycles. The Kier molecular flexibility index (Phi) is 6.85.